The van der Waals surface area contributed by atoms with Crippen molar-refractivity contribution in [2.45, 2.75) is 26.8 Å². The van der Waals surface area contributed by atoms with Gasteiger partial charge in [0, 0.05) is 31.1 Å². The zero-order valence-corrected chi connectivity index (χ0v) is 7.49. The van der Waals surface area contributed by atoms with Crippen molar-refractivity contribution in [1.82, 2.24) is 9.55 Å². The molecular weight excluding hydrogens is 150 g/mol. The van der Waals surface area contributed by atoms with Gasteiger partial charge in [0.1, 0.15) is 0 Å². The standard InChI is InChI=1S/C9H13N3/c1-7(2)8-3-5-12-6-4-10-9(12)11-8/h4,6-7H,3,5H2,1-2H3. The second-order valence-corrected chi connectivity index (χ2v) is 3.43. The van der Waals surface area contributed by atoms with Gasteiger partial charge in [0.2, 0.25) is 5.95 Å². The number of hydrogen-bond acceptors (Lipinski definition) is 2. The van der Waals surface area contributed by atoms with Crippen LogP contribution in [0.25, 0.3) is 0 Å². The van der Waals surface area contributed by atoms with Crippen LogP contribution in [0.1, 0.15) is 20.3 Å². The third kappa shape index (κ3) is 1.15. The molecule has 3 heteroatoms. The number of imidazole rings is 1. The van der Waals surface area contributed by atoms with E-state index < -0.39 is 0 Å². The highest BCUT2D eigenvalue weighted by molar-refractivity contribution is 5.88. The summed E-state index contributed by atoms with van der Waals surface area (Å²) in [5, 5.41) is 0. The van der Waals surface area contributed by atoms with E-state index in [0.29, 0.717) is 5.92 Å². The SMILES string of the molecule is CC(C)C1=Nc2nccn2CC1. The van der Waals surface area contributed by atoms with Crippen molar-refractivity contribution in [3.8, 4) is 0 Å². The largest absolute Gasteiger partial charge is 0.315 e. The molecule has 0 amide bonds. The molecule has 0 radical (unpaired) electrons. The number of fused-ring (bicyclic) bond motifs is 1. The summed E-state index contributed by atoms with van der Waals surface area (Å²) in [6.45, 7) is 5.39. The van der Waals surface area contributed by atoms with Gasteiger partial charge in [-0.2, -0.15) is 0 Å². The minimum absolute atomic E-state index is 0.551. The molecule has 1 aromatic rings. The zero-order valence-electron chi connectivity index (χ0n) is 7.49. The van der Waals surface area contributed by atoms with E-state index in [1.165, 1.54) is 5.71 Å². The molecule has 3 nitrogen and oxygen atoms in total. The molecule has 0 spiro atoms. The van der Waals surface area contributed by atoms with Gasteiger partial charge >= 0.3 is 0 Å². The molecule has 0 aliphatic carbocycles. The predicted molar refractivity (Wildman–Crippen MR) is 48.8 cm³/mol. The first-order chi connectivity index (χ1) is 5.77. The lowest BCUT2D eigenvalue weighted by Crippen LogP contribution is -2.15. The van der Waals surface area contributed by atoms with Crippen LogP contribution in [0.5, 0.6) is 0 Å². The van der Waals surface area contributed by atoms with E-state index in [-0.39, 0.29) is 0 Å². The maximum absolute atomic E-state index is 4.47. The molecule has 1 aliphatic rings. The molecule has 0 aromatic carbocycles. The van der Waals surface area contributed by atoms with Crippen LogP contribution in [-0.4, -0.2) is 15.3 Å². The summed E-state index contributed by atoms with van der Waals surface area (Å²) >= 11 is 0. The summed E-state index contributed by atoms with van der Waals surface area (Å²) in [4.78, 5) is 8.64. The Morgan fingerprint density at radius 1 is 1.50 bits per heavy atom. The molecule has 1 aliphatic heterocycles. The highest BCUT2D eigenvalue weighted by Gasteiger charge is 2.13. The van der Waals surface area contributed by atoms with Crippen molar-refractivity contribution in [3.05, 3.63) is 12.4 Å². The third-order valence-corrected chi connectivity index (χ3v) is 2.21. The average Bonchev–Trinajstić information content (AvgIpc) is 2.49. The molecule has 0 unspecified atom stereocenters. The fourth-order valence-electron chi connectivity index (χ4n) is 1.43. The Labute approximate surface area is 72.1 Å². The molecule has 0 bridgehead atoms. The second-order valence-electron chi connectivity index (χ2n) is 3.43. The van der Waals surface area contributed by atoms with Gasteiger partial charge in [-0.3, -0.25) is 0 Å². The maximum Gasteiger partial charge on any atom is 0.229 e. The minimum Gasteiger partial charge on any atom is -0.315 e. The lowest BCUT2D eigenvalue weighted by molar-refractivity contribution is 0.680. The van der Waals surface area contributed by atoms with Crippen molar-refractivity contribution < 1.29 is 0 Å². The van der Waals surface area contributed by atoms with Crippen LogP contribution in [-0.2, 0) is 6.54 Å². The molecule has 2 heterocycles. The highest BCUT2D eigenvalue weighted by atomic mass is 15.2. The Bertz CT molecular complexity index is 309. The summed E-state index contributed by atoms with van der Waals surface area (Å²) in [5.74, 6) is 1.42. The molecule has 12 heavy (non-hydrogen) atoms. The van der Waals surface area contributed by atoms with Gasteiger partial charge in [-0.05, 0) is 5.92 Å². The Kier molecular flexibility index (Phi) is 1.71. The number of hydrogen-bond donors (Lipinski definition) is 0. The predicted octanol–water partition coefficient (Wildman–Crippen LogP) is 2.02. The topological polar surface area (TPSA) is 30.2 Å². The van der Waals surface area contributed by atoms with E-state index in [1.54, 1.807) is 0 Å². The van der Waals surface area contributed by atoms with Crippen LogP contribution in [0, 0.1) is 5.92 Å². The summed E-state index contributed by atoms with van der Waals surface area (Å²) < 4.78 is 2.09. The van der Waals surface area contributed by atoms with Crippen molar-refractivity contribution in [1.29, 1.82) is 0 Å². The molecular formula is C9H13N3. The first-order valence-electron chi connectivity index (χ1n) is 4.36. The van der Waals surface area contributed by atoms with E-state index in [1.807, 2.05) is 12.4 Å². The number of aliphatic imine (C=N–C) groups is 1. The normalized spacial score (nSPS) is 16.1. The number of rotatable bonds is 1. The number of nitrogens with zero attached hydrogens (tertiary/aromatic N) is 3. The monoisotopic (exact) mass is 163 g/mol. The fraction of sp³-hybridized carbons (Fsp3) is 0.556. The quantitative estimate of drug-likeness (QED) is 0.623. The van der Waals surface area contributed by atoms with Crippen LogP contribution in [0.2, 0.25) is 0 Å². The van der Waals surface area contributed by atoms with E-state index in [9.17, 15) is 0 Å². The second kappa shape index (κ2) is 2.73. The molecule has 0 N–H and O–H groups in total. The van der Waals surface area contributed by atoms with Crippen LogP contribution in [0.15, 0.2) is 17.4 Å². The highest BCUT2D eigenvalue weighted by Crippen LogP contribution is 2.19. The summed E-state index contributed by atoms with van der Waals surface area (Å²) in [7, 11) is 0. The minimum atomic E-state index is 0.551. The van der Waals surface area contributed by atoms with Crippen LogP contribution in [0.3, 0.4) is 0 Å². The molecule has 1 aromatic heterocycles. The molecule has 64 valence electrons. The Morgan fingerprint density at radius 2 is 2.33 bits per heavy atom. The summed E-state index contributed by atoms with van der Waals surface area (Å²) in [6.07, 6.45) is 4.86. The number of aromatic nitrogens is 2. The van der Waals surface area contributed by atoms with Crippen LogP contribution in [0.4, 0.5) is 5.95 Å². The van der Waals surface area contributed by atoms with E-state index >= 15 is 0 Å². The van der Waals surface area contributed by atoms with Crippen LogP contribution < -0.4 is 0 Å². The van der Waals surface area contributed by atoms with Gasteiger partial charge in [-0.25, -0.2) is 9.98 Å². The van der Waals surface area contributed by atoms with Crippen molar-refractivity contribution >= 4 is 11.7 Å². The van der Waals surface area contributed by atoms with Gasteiger partial charge in [0.25, 0.3) is 0 Å². The van der Waals surface area contributed by atoms with Crippen molar-refractivity contribution in [2.24, 2.45) is 10.9 Å². The molecule has 0 saturated heterocycles. The lowest BCUT2D eigenvalue weighted by Gasteiger charge is -2.16. The summed E-state index contributed by atoms with van der Waals surface area (Å²) in [6, 6.07) is 0. The van der Waals surface area contributed by atoms with Crippen molar-refractivity contribution in [3.63, 3.8) is 0 Å². The zero-order chi connectivity index (χ0) is 8.55. The molecule has 2 rings (SSSR count). The molecule has 0 saturated carbocycles. The van der Waals surface area contributed by atoms with Gasteiger partial charge in [0.05, 0.1) is 0 Å². The Hall–Kier alpha value is -1.12. The Morgan fingerprint density at radius 3 is 3.08 bits per heavy atom. The van der Waals surface area contributed by atoms with Gasteiger partial charge in [0.15, 0.2) is 0 Å². The lowest BCUT2D eigenvalue weighted by atomic mass is 10.0. The Balaban J connectivity index is 2.35. The molecule has 0 atom stereocenters. The third-order valence-electron chi connectivity index (χ3n) is 2.21. The first kappa shape index (κ1) is 7.53. The average molecular weight is 163 g/mol. The van der Waals surface area contributed by atoms with Gasteiger partial charge < -0.3 is 4.57 Å². The van der Waals surface area contributed by atoms with Crippen LogP contribution >= 0.6 is 0 Å². The maximum atomic E-state index is 4.47. The smallest absolute Gasteiger partial charge is 0.229 e. The van der Waals surface area contributed by atoms with E-state index in [4.69, 9.17) is 0 Å². The van der Waals surface area contributed by atoms with Crippen molar-refractivity contribution in [2.75, 3.05) is 0 Å². The number of aryl methyl sites for hydroxylation is 1. The van der Waals surface area contributed by atoms with Gasteiger partial charge in [-0.15, -0.1) is 0 Å². The van der Waals surface area contributed by atoms with E-state index in [0.717, 1.165) is 18.9 Å². The molecule has 0 fully saturated rings. The first-order valence-corrected chi connectivity index (χ1v) is 4.36. The van der Waals surface area contributed by atoms with E-state index in [2.05, 4.69) is 28.4 Å². The fourth-order valence-corrected chi connectivity index (χ4v) is 1.43. The van der Waals surface area contributed by atoms with Gasteiger partial charge in [-0.1, -0.05) is 13.8 Å². The summed E-state index contributed by atoms with van der Waals surface area (Å²) in [5.41, 5.74) is 1.27.